The molecule has 0 radical (unpaired) electrons. The molecule has 2 heterocycles. The first kappa shape index (κ1) is 14.8. The quantitative estimate of drug-likeness (QED) is 0.471. The molecule has 2 aromatic carbocycles. The van der Waals surface area contributed by atoms with Crippen LogP contribution in [0.25, 0.3) is 34.1 Å². The average Bonchev–Trinajstić information content (AvgIpc) is 3.01. The van der Waals surface area contributed by atoms with Gasteiger partial charge in [0, 0.05) is 11.1 Å². The first-order chi connectivity index (χ1) is 11.6. The summed E-state index contributed by atoms with van der Waals surface area (Å²) < 4.78 is 5.77. The number of oxazole rings is 1. The zero-order chi connectivity index (χ0) is 16.7. The highest BCUT2D eigenvalue weighted by Crippen LogP contribution is 2.29. The SMILES string of the molecule is Cc1ccc(-c2nc(Cl)c3oc(-c4ccc(C)cc4)nc3n2)cc1. The van der Waals surface area contributed by atoms with E-state index < -0.39 is 0 Å². The summed E-state index contributed by atoms with van der Waals surface area (Å²) in [6.45, 7) is 4.07. The van der Waals surface area contributed by atoms with Crippen LogP contribution in [0.1, 0.15) is 11.1 Å². The third-order valence-electron chi connectivity index (χ3n) is 3.82. The van der Waals surface area contributed by atoms with Crippen molar-refractivity contribution >= 4 is 22.8 Å². The van der Waals surface area contributed by atoms with Crippen LogP contribution < -0.4 is 0 Å². The van der Waals surface area contributed by atoms with E-state index in [4.69, 9.17) is 16.0 Å². The molecule has 4 rings (SSSR count). The van der Waals surface area contributed by atoms with Crippen molar-refractivity contribution in [3.63, 3.8) is 0 Å². The number of rotatable bonds is 2. The number of aromatic nitrogens is 3. The Balaban J connectivity index is 1.83. The Morgan fingerprint density at radius 2 is 1.33 bits per heavy atom. The maximum Gasteiger partial charge on any atom is 0.229 e. The molecule has 0 aliphatic rings. The predicted octanol–water partition coefficient (Wildman–Crippen LogP) is 5.22. The summed E-state index contributed by atoms with van der Waals surface area (Å²) in [4.78, 5) is 13.3. The molecule has 24 heavy (non-hydrogen) atoms. The molecule has 0 fully saturated rings. The van der Waals surface area contributed by atoms with Gasteiger partial charge in [0.2, 0.25) is 17.1 Å². The summed E-state index contributed by atoms with van der Waals surface area (Å²) in [5, 5.41) is 0.265. The van der Waals surface area contributed by atoms with Crippen molar-refractivity contribution in [2.45, 2.75) is 13.8 Å². The molecule has 0 saturated heterocycles. The Hall–Kier alpha value is -2.72. The maximum absolute atomic E-state index is 6.28. The van der Waals surface area contributed by atoms with Gasteiger partial charge in [-0.2, -0.15) is 4.98 Å². The lowest BCUT2D eigenvalue weighted by molar-refractivity contribution is 0.618. The maximum atomic E-state index is 6.28. The van der Waals surface area contributed by atoms with E-state index >= 15 is 0 Å². The van der Waals surface area contributed by atoms with E-state index in [1.54, 1.807) is 0 Å². The Morgan fingerprint density at radius 3 is 1.96 bits per heavy atom. The number of fused-ring (bicyclic) bond motifs is 1. The zero-order valence-corrected chi connectivity index (χ0v) is 14.0. The molecule has 0 amide bonds. The zero-order valence-electron chi connectivity index (χ0n) is 13.2. The first-order valence-electron chi connectivity index (χ1n) is 7.58. The van der Waals surface area contributed by atoms with E-state index in [-0.39, 0.29) is 5.15 Å². The topological polar surface area (TPSA) is 51.8 Å². The minimum atomic E-state index is 0.265. The van der Waals surface area contributed by atoms with Crippen LogP contribution in [0.5, 0.6) is 0 Å². The van der Waals surface area contributed by atoms with Crippen LogP contribution in [-0.4, -0.2) is 15.0 Å². The van der Waals surface area contributed by atoms with Crippen LogP contribution in [0, 0.1) is 13.8 Å². The molecule has 0 atom stereocenters. The van der Waals surface area contributed by atoms with Crippen LogP contribution in [0.3, 0.4) is 0 Å². The van der Waals surface area contributed by atoms with Crippen LogP contribution in [0.4, 0.5) is 0 Å². The Kier molecular flexibility index (Phi) is 3.54. The standard InChI is InChI=1S/C19H14ClN3O/c1-11-3-7-13(8-4-11)17-21-16(20)15-18(22-17)23-19(24-15)14-9-5-12(2)6-10-14/h3-10H,1-2H3. The highest BCUT2D eigenvalue weighted by Gasteiger charge is 2.15. The van der Waals surface area contributed by atoms with Gasteiger partial charge in [0.25, 0.3) is 0 Å². The Bertz CT molecular complexity index is 1020. The average molecular weight is 336 g/mol. The fourth-order valence-corrected chi connectivity index (χ4v) is 2.65. The minimum Gasteiger partial charge on any atom is -0.431 e. The first-order valence-corrected chi connectivity index (χ1v) is 7.96. The summed E-state index contributed by atoms with van der Waals surface area (Å²) in [7, 11) is 0. The van der Waals surface area contributed by atoms with E-state index in [0.29, 0.717) is 22.9 Å². The van der Waals surface area contributed by atoms with Gasteiger partial charge in [0.05, 0.1) is 0 Å². The van der Waals surface area contributed by atoms with Crippen molar-refractivity contribution in [2.75, 3.05) is 0 Å². The summed E-state index contributed by atoms with van der Waals surface area (Å²) in [5.41, 5.74) is 4.99. The molecule has 0 saturated carbocycles. The summed E-state index contributed by atoms with van der Waals surface area (Å²) >= 11 is 6.28. The molecule has 0 N–H and O–H groups in total. The van der Waals surface area contributed by atoms with E-state index in [2.05, 4.69) is 15.0 Å². The van der Waals surface area contributed by atoms with Crippen molar-refractivity contribution in [3.8, 4) is 22.8 Å². The normalized spacial score (nSPS) is 11.1. The number of hydrogen-bond acceptors (Lipinski definition) is 4. The molecule has 0 aliphatic heterocycles. The monoisotopic (exact) mass is 335 g/mol. The number of halogens is 1. The molecule has 4 aromatic rings. The van der Waals surface area contributed by atoms with Gasteiger partial charge in [0.1, 0.15) is 0 Å². The number of aryl methyl sites for hydroxylation is 2. The lowest BCUT2D eigenvalue weighted by Gasteiger charge is -2.01. The number of benzene rings is 2. The molecule has 118 valence electrons. The molecule has 2 aromatic heterocycles. The third kappa shape index (κ3) is 2.65. The number of nitrogens with zero attached hydrogens (tertiary/aromatic N) is 3. The largest absolute Gasteiger partial charge is 0.431 e. The van der Waals surface area contributed by atoms with Crippen molar-refractivity contribution in [1.82, 2.24) is 15.0 Å². The molecule has 0 spiro atoms. The second kappa shape index (κ2) is 5.73. The predicted molar refractivity (Wildman–Crippen MR) is 95.0 cm³/mol. The fourth-order valence-electron chi connectivity index (χ4n) is 2.44. The van der Waals surface area contributed by atoms with Crippen molar-refractivity contribution in [3.05, 3.63) is 64.8 Å². The second-order valence-corrected chi connectivity index (χ2v) is 6.10. The van der Waals surface area contributed by atoms with Gasteiger partial charge in [0.15, 0.2) is 11.0 Å². The third-order valence-corrected chi connectivity index (χ3v) is 4.08. The van der Waals surface area contributed by atoms with E-state index in [9.17, 15) is 0 Å². The van der Waals surface area contributed by atoms with Gasteiger partial charge in [-0.05, 0) is 26.0 Å². The highest BCUT2D eigenvalue weighted by atomic mass is 35.5. The van der Waals surface area contributed by atoms with Crippen LogP contribution in [0.2, 0.25) is 5.15 Å². The van der Waals surface area contributed by atoms with E-state index in [1.807, 2.05) is 62.4 Å². The fraction of sp³-hybridized carbons (Fsp3) is 0.105. The minimum absolute atomic E-state index is 0.265. The summed E-state index contributed by atoms with van der Waals surface area (Å²) in [5.74, 6) is 1.03. The van der Waals surface area contributed by atoms with E-state index in [0.717, 1.165) is 11.1 Å². The second-order valence-electron chi connectivity index (χ2n) is 5.74. The number of hydrogen-bond donors (Lipinski definition) is 0. The smallest absolute Gasteiger partial charge is 0.229 e. The van der Waals surface area contributed by atoms with Gasteiger partial charge in [-0.25, -0.2) is 9.97 Å². The van der Waals surface area contributed by atoms with Gasteiger partial charge in [-0.1, -0.05) is 59.1 Å². The molecular formula is C19H14ClN3O. The Morgan fingerprint density at radius 1 is 0.750 bits per heavy atom. The van der Waals surface area contributed by atoms with Crippen molar-refractivity contribution in [2.24, 2.45) is 0 Å². The molecular weight excluding hydrogens is 322 g/mol. The summed E-state index contributed by atoms with van der Waals surface area (Å²) in [6, 6.07) is 15.9. The molecule has 0 unspecified atom stereocenters. The highest BCUT2D eigenvalue weighted by molar-refractivity contribution is 6.33. The van der Waals surface area contributed by atoms with Crippen LogP contribution in [0.15, 0.2) is 52.9 Å². The van der Waals surface area contributed by atoms with Gasteiger partial charge < -0.3 is 4.42 Å². The summed E-state index contributed by atoms with van der Waals surface area (Å²) in [6.07, 6.45) is 0. The van der Waals surface area contributed by atoms with Crippen LogP contribution in [-0.2, 0) is 0 Å². The molecule has 5 heteroatoms. The molecule has 0 aliphatic carbocycles. The van der Waals surface area contributed by atoms with Crippen molar-refractivity contribution < 1.29 is 4.42 Å². The van der Waals surface area contributed by atoms with E-state index in [1.165, 1.54) is 11.1 Å². The van der Waals surface area contributed by atoms with Crippen LogP contribution >= 0.6 is 11.6 Å². The lowest BCUT2D eigenvalue weighted by Crippen LogP contribution is -1.91. The van der Waals surface area contributed by atoms with Gasteiger partial charge in [-0.15, -0.1) is 0 Å². The van der Waals surface area contributed by atoms with Gasteiger partial charge >= 0.3 is 0 Å². The van der Waals surface area contributed by atoms with Crippen molar-refractivity contribution in [1.29, 1.82) is 0 Å². The molecule has 0 bridgehead atoms. The van der Waals surface area contributed by atoms with Gasteiger partial charge in [-0.3, -0.25) is 0 Å². The lowest BCUT2D eigenvalue weighted by atomic mass is 10.1. The molecule has 4 nitrogen and oxygen atoms in total. The Labute approximate surface area is 144 Å².